The van der Waals surface area contributed by atoms with Crippen LogP contribution in [0.4, 0.5) is 0 Å². The molecule has 4 rings (SSSR count). The number of rotatable bonds is 10. The highest BCUT2D eigenvalue weighted by molar-refractivity contribution is 5.93. The Morgan fingerprint density at radius 3 is 2.59 bits per heavy atom. The molecule has 3 N–H and O–H groups in total. The van der Waals surface area contributed by atoms with Crippen LogP contribution in [0.5, 0.6) is 11.5 Å². The molecule has 0 fully saturated rings. The van der Waals surface area contributed by atoms with Crippen LogP contribution in [0.15, 0.2) is 65.1 Å². The molecule has 0 aliphatic heterocycles. The third-order valence-corrected chi connectivity index (χ3v) is 5.50. The Kier molecular flexibility index (Phi) is 7.15. The molecule has 7 nitrogen and oxygen atoms in total. The maximum atomic E-state index is 11.3. The Hall–Kier alpha value is -3.81. The van der Waals surface area contributed by atoms with Crippen molar-refractivity contribution in [3.05, 3.63) is 83.1 Å². The summed E-state index contributed by atoms with van der Waals surface area (Å²) < 4.78 is 22.7. The molecule has 4 aromatic rings. The lowest BCUT2D eigenvalue weighted by Crippen LogP contribution is -2.05. The average molecular weight is 462 g/mol. The fourth-order valence-corrected chi connectivity index (χ4v) is 3.91. The monoisotopic (exact) mass is 461 g/mol. The van der Waals surface area contributed by atoms with E-state index in [-0.39, 0.29) is 13.0 Å². The number of carboxylic acids is 1. The molecular weight excluding hydrogens is 434 g/mol. The van der Waals surface area contributed by atoms with E-state index in [1.807, 2.05) is 42.5 Å². The molecule has 7 heteroatoms. The van der Waals surface area contributed by atoms with E-state index in [0.29, 0.717) is 30.2 Å². The normalized spacial score (nSPS) is 11.0. The first-order valence-corrected chi connectivity index (χ1v) is 10.9. The number of carbonyl (C=O) groups is 1. The molecule has 0 saturated carbocycles. The van der Waals surface area contributed by atoms with Gasteiger partial charge in [-0.05, 0) is 47.0 Å². The molecule has 0 spiro atoms. The number of ether oxygens (including phenoxy) is 3. The lowest BCUT2D eigenvalue weighted by molar-refractivity contribution is -0.136. The zero-order valence-corrected chi connectivity index (χ0v) is 19.2. The van der Waals surface area contributed by atoms with Crippen molar-refractivity contribution < 1.29 is 28.5 Å². The highest BCUT2D eigenvalue weighted by Crippen LogP contribution is 2.34. The van der Waals surface area contributed by atoms with Gasteiger partial charge in [0.05, 0.1) is 13.5 Å². The van der Waals surface area contributed by atoms with Crippen LogP contribution in [0.1, 0.15) is 22.5 Å². The maximum absolute atomic E-state index is 11.3. The third kappa shape index (κ3) is 5.22. The zero-order chi connectivity index (χ0) is 24.1. The van der Waals surface area contributed by atoms with Crippen molar-refractivity contribution in [2.24, 2.45) is 5.73 Å². The number of aliphatic carboxylic acids is 1. The smallest absolute Gasteiger partial charge is 0.307 e. The molecule has 0 saturated heterocycles. The second-order valence-electron chi connectivity index (χ2n) is 7.94. The van der Waals surface area contributed by atoms with E-state index >= 15 is 0 Å². The molecule has 0 aliphatic rings. The van der Waals surface area contributed by atoms with Crippen LogP contribution < -0.4 is 15.2 Å². The number of carboxylic acid groups (broad SMARTS) is 1. The van der Waals surface area contributed by atoms with Gasteiger partial charge in [-0.25, -0.2) is 0 Å². The van der Waals surface area contributed by atoms with E-state index in [1.54, 1.807) is 32.4 Å². The van der Waals surface area contributed by atoms with Gasteiger partial charge in [0.25, 0.3) is 0 Å². The molecular formula is C27H27NO6. The predicted octanol–water partition coefficient (Wildman–Crippen LogP) is 4.92. The average Bonchev–Trinajstić information content (AvgIpc) is 3.25. The Morgan fingerprint density at radius 2 is 1.85 bits per heavy atom. The van der Waals surface area contributed by atoms with E-state index in [1.165, 1.54) is 0 Å². The van der Waals surface area contributed by atoms with E-state index in [2.05, 4.69) is 0 Å². The third-order valence-electron chi connectivity index (χ3n) is 5.50. The summed E-state index contributed by atoms with van der Waals surface area (Å²) in [5.74, 6) is 0.865. The van der Waals surface area contributed by atoms with E-state index in [9.17, 15) is 9.90 Å². The molecule has 34 heavy (non-hydrogen) atoms. The fraction of sp³-hybridized carbons (Fsp3) is 0.222. The lowest BCUT2D eigenvalue weighted by atomic mass is 9.99. The van der Waals surface area contributed by atoms with Crippen LogP contribution in [0.2, 0.25) is 0 Å². The molecule has 0 aliphatic carbocycles. The second kappa shape index (κ2) is 10.4. The van der Waals surface area contributed by atoms with Gasteiger partial charge in [0, 0.05) is 36.2 Å². The summed E-state index contributed by atoms with van der Waals surface area (Å²) in [4.78, 5) is 11.3. The van der Waals surface area contributed by atoms with Crippen LogP contribution in [0.25, 0.3) is 22.1 Å². The van der Waals surface area contributed by atoms with E-state index < -0.39 is 5.97 Å². The second-order valence-corrected chi connectivity index (χ2v) is 7.94. The number of hydrogen-bond donors (Lipinski definition) is 2. The van der Waals surface area contributed by atoms with Gasteiger partial charge in [0.2, 0.25) is 0 Å². The molecule has 1 aromatic heterocycles. The summed E-state index contributed by atoms with van der Waals surface area (Å²) in [6.07, 6.45) is -0.141. The van der Waals surface area contributed by atoms with Gasteiger partial charge in [-0.1, -0.05) is 24.3 Å². The van der Waals surface area contributed by atoms with Gasteiger partial charge in [0.1, 0.15) is 36.1 Å². The zero-order valence-electron chi connectivity index (χ0n) is 19.2. The standard InChI is InChI=1S/C27H27NO6/c1-31-16-23-11-21-9-18(10-24(27(21)34-23)19-5-3-4-17(8-19)14-28)15-33-25-13-22(32-2)7-6-20(25)12-26(29)30/h3-11,13H,12,14-16,28H2,1-2H3,(H,29,30). The Morgan fingerprint density at radius 1 is 1.00 bits per heavy atom. The van der Waals surface area contributed by atoms with Gasteiger partial charge >= 0.3 is 5.97 Å². The highest BCUT2D eigenvalue weighted by Gasteiger charge is 2.15. The number of hydrogen-bond acceptors (Lipinski definition) is 6. The molecule has 3 aromatic carbocycles. The summed E-state index contributed by atoms with van der Waals surface area (Å²) in [5.41, 5.74) is 11.0. The van der Waals surface area contributed by atoms with Crippen molar-refractivity contribution >= 4 is 16.9 Å². The van der Waals surface area contributed by atoms with E-state index in [4.69, 9.17) is 24.4 Å². The largest absolute Gasteiger partial charge is 0.497 e. The number of nitrogens with two attached hydrogens (primary N) is 1. The van der Waals surface area contributed by atoms with Crippen LogP contribution in [0.3, 0.4) is 0 Å². The van der Waals surface area contributed by atoms with Crippen molar-refractivity contribution in [1.29, 1.82) is 0 Å². The molecule has 1 heterocycles. The van der Waals surface area contributed by atoms with Crippen LogP contribution in [-0.2, 0) is 35.7 Å². The van der Waals surface area contributed by atoms with Gasteiger partial charge in [-0.3, -0.25) is 4.79 Å². The molecule has 0 bridgehead atoms. The number of benzene rings is 3. The number of methoxy groups -OCH3 is 2. The van der Waals surface area contributed by atoms with Crippen molar-refractivity contribution in [1.82, 2.24) is 0 Å². The Bertz CT molecular complexity index is 1310. The minimum absolute atomic E-state index is 0.141. The number of furan rings is 1. The highest BCUT2D eigenvalue weighted by atomic mass is 16.5. The first-order chi connectivity index (χ1) is 16.5. The Balaban J connectivity index is 1.73. The summed E-state index contributed by atoms with van der Waals surface area (Å²) in [6.45, 7) is 1.05. The van der Waals surface area contributed by atoms with Crippen LogP contribution in [0, 0.1) is 0 Å². The van der Waals surface area contributed by atoms with E-state index in [0.717, 1.165) is 39.0 Å². The molecule has 0 unspecified atom stereocenters. The van der Waals surface area contributed by atoms with Gasteiger partial charge in [0.15, 0.2) is 0 Å². The first kappa shape index (κ1) is 23.4. The van der Waals surface area contributed by atoms with Gasteiger partial charge < -0.3 is 29.5 Å². The summed E-state index contributed by atoms with van der Waals surface area (Å²) in [5, 5.41) is 10.2. The molecule has 0 radical (unpaired) electrons. The van der Waals surface area contributed by atoms with Crippen molar-refractivity contribution in [2.75, 3.05) is 14.2 Å². The predicted molar refractivity (Wildman–Crippen MR) is 129 cm³/mol. The van der Waals surface area contributed by atoms with Gasteiger partial charge in [-0.15, -0.1) is 0 Å². The summed E-state index contributed by atoms with van der Waals surface area (Å²) in [6, 6.07) is 19.1. The minimum Gasteiger partial charge on any atom is -0.497 e. The minimum atomic E-state index is -0.928. The summed E-state index contributed by atoms with van der Waals surface area (Å²) in [7, 11) is 3.18. The first-order valence-electron chi connectivity index (χ1n) is 10.9. The van der Waals surface area contributed by atoms with Crippen molar-refractivity contribution in [2.45, 2.75) is 26.2 Å². The Labute approximate surface area is 197 Å². The van der Waals surface area contributed by atoms with Crippen LogP contribution in [-0.4, -0.2) is 25.3 Å². The fourth-order valence-electron chi connectivity index (χ4n) is 3.91. The molecule has 0 amide bonds. The van der Waals surface area contributed by atoms with Gasteiger partial charge in [-0.2, -0.15) is 0 Å². The quantitative estimate of drug-likeness (QED) is 0.345. The summed E-state index contributed by atoms with van der Waals surface area (Å²) >= 11 is 0. The lowest BCUT2D eigenvalue weighted by Gasteiger charge is -2.13. The molecule has 176 valence electrons. The molecule has 0 atom stereocenters. The van der Waals surface area contributed by atoms with Crippen LogP contribution >= 0.6 is 0 Å². The topological polar surface area (TPSA) is 104 Å². The van der Waals surface area contributed by atoms with Crippen molar-refractivity contribution in [3.8, 4) is 22.6 Å². The van der Waals surface area contributed by atoms with Crippen molar-refractivity contribution in [3.63, 3.8) is 0 Å². The maximum Gasteiger partial charge on any atom is 0.307 e. The SMILES string of the molecule is COCc1cc2cc(COc3cc(OC)ccc3CC(=O)O)cc(-c3cccc(CN)c3)c2o1. The number of fused-ring (bicyclic) bond motifs is 1.